The van der Waals surface area contributed by atoms with Gasteiger partial charge in [0.2, 0.25) is 0 Å². The standard InChI is InChI=1S/C14H22N2O3/c1-10-5-6-15-12(10)13(17)16-7-11(8-18-4)19-14(2,3)9-16/h5-6,11,15H,7-9H2,1-4H3. The van der Waals surface area contributed by atoms with Gasteiger partial charge < -0.3 is 19.4 Å². The molecule has 5 nitrogen and oxygen atoms in total. The second-order valence-electron chi connectivity index (χ2n) is 5.68. The van der Waals surface area contributed by atoms with Gasteiger partial charge in [-0.3, -0.25) is 4.79 Å². The Bertz CT molecular complexity index is 453. The van der Waals surface area contributed by atoms with Crippen LogP contribution in [0.4, 0.5) is 0 Å². The van der Waals surface area contributed by atoms with Crippen molar-refractivity contribution < 1.29 is 14.3 Å². The highest BCUT2D eigenvalue weighted by atomic mass is 16.5. The fraction of sp³-hybridized carbons (Fsp3) is 0.643. The first kappa shape index (κ1) is 14.1. The fourth-order valence-corrected chi connectivity index (χ4v) is 2.56. The number of nitrogens with one attached hydrogen (secondary N) is 1. The minimum atomic E-state index is -0.350. The van der Waals surface area contributed by atoms with Crippen LogP contribution in [0.3, 0.4) is 0 Å². The van der Waals surface area contributed by atoms with Crippen LogP contribution in [-0.4, -0.2) is 54.3 Å². The number of rotatable bonds is 3. The van der Waals surface area contributed by atoms with Crippen LogP contribution < -0.4 is 0 Å². The molecule has 0 saturated carbocycles. The number of aromatic nitrogens is 1. The zero-order valence-corrected chi connectivity index (χ0v) is 12.0. The molecule has 5 heteroatoms. The van der Waals surface area contributed by atoms with E-state index in [1.54, 1.807) is 13.3 Å². The molecule has 1 amide bonds. The predicted molar refractivity (Wildman–Crippen MR) is 72.3 cm³/mol. The summed E-state index contributed by atoms with van der Waals surface area (Å²) in [6.45, 7) is 7.57. The van der Waals surface area contributed by atoms with Crippen molar-refractivity contribution in [1.29, 1.82) is 0 Å². The van der Waals surface area contributed by atoms with Crippen molar-refractivity contribution in [3.8, 4) is 0 Å². The summed E-state index contributed by atoms with van der Waals surface area (Å²) in [7, 11) is 1.65. The van der Waals surface area contributed by atoms with Crippen molar-refractivity contribution in [3.05, 3.63) is 23.5 Å². The number of carbonyl (C=O) groups excluding carboxylic acids is 1. The fourth-order valence-electron chi connectivity index (χ4n) is 2.56. The van der Waals surface area contributed by atoms with E-state index in [-0.39, 0.29) is 17.6 Å². The Balaban J connectivity index is 2.15. The summed E-state index contributed by atoms with van der Waals surface area (Å²) in [5.41, 5.74) is 1.28. The van der Waals surface area contributed by atoms with Crippen molar-refractivity contribution in [2.75, 3.05) is 26.8 Å². The SMILES string of the molecule is COCC1CN(C(=O)c2[nH]ccc2C)CC(C)(C)O1. The van der Waals surface area contributed by atoms with Gasteiger partial charge in [-0.1, -0.05) is 0 Å². The van der Waals surface area contributed by atoms with E-state index in [4.69, 9.17) is 9.47 Å². The summed E-state index contributed by atoms with van der Waals surface area (Å²) < 4.78 is 11.1. The van der Waals surface area contributed by atoms with Gasteiger partial charge in [-0.15, -0.1) is 0 Å². The second-order valence-corrected chi connectivity index (χ2v) is 5.68. The monoisotopic (exact) mass is 266 g/mol. The lowest BCUT2D eigenvalue weighted by atomic mass is 10.0. The molecule has 2 rings (SSSR count). The Morgan fingerprint density at radius 1 is 1.63 bits per heavy atom. The van der Waals surface area contributed by atoms with Gasteiger partial charge in [-0.05, 0) is 32.4 Å². The maximum atomic E-state index is 12.5. The number of hydrogen-bond acceptors (Lipinski definition) is 3. The normalized spacial score (nSPS) is 22.5. The number of hydrogen-bond donors (Lipinski definition) is 1. The molecule has 1 fully saturated rings. The maximum Gasteiger partial charge on any atom is 0.270 e. The highest BCUT2D eigenvalue weighted by Crippen LogP contribution is 2.23. The second kappa shape index (κ2) is 5.35. The first-order valence-electron chi connectivity index (χ1n) is 6.53. The molecular weight excluding hydrogens is 244 g/mol. The summed E-state index contributed by atoms with van der Waals surface area (Å²) in [6, 6.07) is 1.91. The van der Waals surface area contributed by atoms with E-state index in [9.17, 15) is 4.79 Å². The number of H-pyrrole nitrogens is 1. The Hall–Kier alpha value is -1.33. The molecule has 2 heterocycles. The predicted octanol–water partition coefficient (Wildman–Crippen LogP) is 1.59. The molecule has 1 aromatic heterocycles. The number of methoxy groups -OCH3 is 1. The van der Waals surface area contributed by atoms with Crippen LogP contribution >= 0.6 is 0 Å². The molecular formula is C14H22N2O3. The topological polar surface area (TPSA) is 54.6 Å². The first-order valence-corrected chi connectivity index (χ1v) is 6.53. The van der Waals surface area contributed by atoms with Crippen LogP contribution in [0, 0.1) is 6.92 Å². The molecule has 0 aliphatic carbocycles. The molecule has 1 aliphatic rings. The summed E-state index contributed by atoms with van der Waals surface area (Å²) >= 11 is 0. The van der Waals surface area contributed by atoms with Gasteiger partial charge in [0.15, 0.2) is 0 Å². The van der Waals surface area contributed by atoms with Crippen LogP contribution in [0.2, 0.25) is 0 Å². The third-order valence-corrected chi connectivity index (χ3v) is 3.29. The summed E-state index contributed by atoms with van der Waals surface area (Å²) in [5, 5.41) is 0. The van der Waals surface area contributed by atoms with E-state index in [0.717, 1.165) is 5.56 Å². The number of aryl methyl sites for hydroxylation is 1. The molecule has 1 aromatic rings. The van der Waals surface area contributed by atoms with E-state index < -0.39 is 0 Å². The van der Waals surface area contributed by atoms with E-state index in [0.29, 0.717) is 25.4 Å². The lowest BCUT2D eigenvalue weighted by Crippen LogP contribution is -2.55. The smallest absolute Gasteiger partial charge is 0.270 e. The van der Waals surface area contributed by atoms with Gasteiger partial charge in [-0.25, -0.2) is 0 Å². The van der Waals surface area contributed by atoms with E-state index >= 15 is 0 Å². The van der Waals surface area contributed by atoms with Gasteiger partial charge in [0.1, 0.15) is 5.69 Å². The van der Waals surface area contributed by atoms with Gasteiger partial charge in [0, 0.05) is 26.4 Å². The number of amides is 1. The lowest BCUT2D eigenvalue weighted by Gasteiger charge is -2.42. The molecule has 0 radical (unpaired) electrons. The van der Waals surface area contributed by atoms with Gasteiger partial charge >= 0.3 is 0 Å². The van der Waals surface area contributed by atoms with E-state index in [1.807, 2.05) is 31.7 Å². The number of carbonyl (C=O) groups is 1. The average molecular weight is 266 g/mol. The number of nitrogens with zero attached hydrogens (tertiary/aromatic N) is 1. The number of aromatic amines is 1. The third kappa shape index (κ3) is 3.16. The van der Waals surface area contributed by atoms with Crippen LogP contribution in [0.5, 0.6) is 0 Å². The molecule has 106 valence electrons. The van der Waals surface area contributed by atoms with Gasteiger partial charge in [-0.2, -0.15) is 0 Å². The van der Waals surface area contributed by atoms with E-state index in [2.05, 4.69) is 4.98 Å². The van der Waals surface area contributed by atoms with E-state index in [1.165, 1.54) is 0 Å². The molecule has 1 aliphatic heterocycles. The summed E-state index contributed by atoms with van der Waals surface area (Å²) in [6.07, 6.45) is 1.72. The van der Waals surface area contributed by atoms with Crippen LogP contribution in [0.25, 0.3) is 0 Å². The largest absolute Gasteiger partial charge is 0.382 e. The number of morpholine rings is 1. The highest BCUT2D eigenvalue weighted by molar-refractivity contribution is 5.94. The van der Waals surface area contributed by atoms with Crippen LogP contribution in [0.15, 0.2) is 12.3 Å². The lowest BCUT2D eigenvalue weighted by molar-refractivity contribution is -0.143. The third-order valence-electron chi connectivity index (χ3n) is 3.29. The Labute approximate surface area is 113 Å². The highest BCUT2D eigenvalue weighted by Gasteiger charge is 2.36. The molecule has 1 unspecified atom stereocenters. The maximum absolute atomic E-state index is 12.5. The summed E-state index contributed by atoms with van der Waals surface area (Å²) in [5.74, 6) is 0.0278. The van der Waals surface area contributed by atoms with Crippen molar-refractivity contribution in [1.82, 2.24) is 9.88 Å². The van der Waals surface area contributed by atoms with Crippen molar-refractivity contribution in [2.24, 2.45) is 0 Å². The van der Waals surface area contributed by atoms with Crippen molar-refractivity contribution in [3.63, 3.8) is 0 Å². The Morgan fingerprint density at radius 3 is 2.95 bits per heavy atom. The van der Waals surface area contributed by atoms with Crippen molar-refractivity contribution >= 4 is 5.91 Å². The van der Waals surface area contributed by atoms with Gasteiger partial charge in [0.25, 0.3) is 5.91 Å². The molecule has 0 aromatic carbocycles. The molecule has 1 atom stereocenters. The molecule has 0 spiro atoms. The quantitative estimate of drug-likeness (QED) is 0.904. The average Bonchev–Trinajstić information content (AvgIpc) is 2.73. The minimum Gasteiger partial charge on any atom is -0.382 e. The Morgan fingerprint density at radius 2 is 2.37 bits per heavy atom. The van der Waals surface area contributed by atoms with Crippen LogP contribution in [0.1, 0.15) is 29.9 Å². The van der Waals surface area contributed by atoms with Crippen LogP contribution in [-0.2, 0) is 9.47 Å². The number of ether oxygens (including phenoxy) is 2. The molecule has 0 bridgehead atoms. The zero-order chi connectivity index (χ0) is 14.0. The van der Waals surface area contributed by atoms with Gasteiger partial charge in [0.05, 0.1) is 18.3 Å². The first-order chi connectivity index (χ1) is 8.93. The van der Waals surface area contributed by atoms with Crippen molar-refractivity contribution in [2.45, 2.75) is 32.5 Å². The summed E-state index contributed by atoms with van der Waals surface area (Å²) in [4.78, 5) is 17.4. The Kier molecular flexibility index (Phi) is 3.96. The molecule has 1 N–H and O–H groups in total. The minimum absolute atomic E-state index is 0.0278. The molecule has 1 saturated heterocycles. The zero-order valence-electron chi connectivity index (χ0n) is 12.0. The molecule has 19 heavy (non-hydrogen) atoms.